The molecule has 0 bridgehead atoms. The van der Waals surface area contributed by atoms with Crippen LogP contribution in [0.4, 0.5) is 5.13 Å². The predicted octanol–water partition coefficient (Wildman–Crippen LogP) is 3.79. The zero-order valence-electron chi connectivity index (χ0n) is 13.2. The van der Waals surface area contributed by atoms with E-state index in [1.54, 1.807) is 0 Å². The van der Waals surface area contributed by atoms with Crippen molar-refractivity contribution in [3.63, 3.8) is 0 Å². The molecule has 3 rings (SSSR count). The van der Waals surface area contributed by atoms with E-state index in [0.29, 0.717) is 11.6 Å². The number of thiazole rings is 1. The maximum absolute atomic E-state index is 11.7. The second kappa shape index (κ2) is 7.90. The summed E-state index contributed by atoms with van der Waals surface area (Å²) < 4.78 is 0. The lowest BCUT2D eigenvalue weighted by atomic mass is 9.90. The van der Waals surface area contributed by atoms with Crippen molar-refractivity contribution in [2.45, 2.75) is 45.1 Å². The standard InChI is InChI=1S/C17H21N3OS.ClH/c1-11(18)8-16(21)20-17-19-15(10-22-17)14-7-6-12-4-2-3-5-13(12)9-14;/h6-7,9-11H,2-5,8,18H2,1H3,(H,19,20,21);1H. The second-order valence-electron chi connectivity index (χ2n) is 5.96. The Morgan fingerprint density at radius 3 is 2.83 bits per heavy atom. The number of carbonyl (C=O) groups excluding carboxylic acids is 1. The Morgan fingerprint density at radius 1 is 1.35 bits per heavy atom. The van der Waals surface area contributed by atoms with Crippen LogP contribution in [0.25, 0.3) is 11.3 Å². The fraction of sp³-hybridized carbons (Fsp3) is 0.412. The molecule has 1 unspecified atom stereocenters. The van der Waals surface area contributed by atoms with E-state index in [-0.39, 0.29) is 24.4 Å². The zero-order chi connectivity index (χ0) is 15.5. The minimum absolute atomic E-state index is 0. The minimum atomic E-state index is -0.139. The van der Waals surface area contributed by atoms with Crippen LogP contribution in [-0.4, -0.2) is 16.9 Å². The number of nitrogens with one attached hydrogen (secondary N) is 1. The van der Waals surface area contributed by atoms with Gasteiger partial charge in [-0.2, -0.15) is 0 Å². The fourth-order valence-electron chi connectivity index (χ4n) is 2.82. The lowest BCUT2D eigenvalue weighted by Gasteiger charge is -2.16. The van der Waals surface area contributed by atoms with Crippen molar-refractivity contribution in [1.29, 1.82) is 0 Å². The molecular formula is C17H22ClN3OS. The van der Waals surface area contributed by atoms with E-state index in [9.17, 15) is 4.79 Å². The van der Waals surface area contributed by atoms with Gasteiger partial charge in [0.15, 0.2) is 5.13 Å². The number of hydrogen-bond donors (Lipinski definition) is 2. The molecule has 0 saturated carbocycles. The third-order valence-corrected chi connectivity index (χ3v) is 4.66. The van der Waals surface area contributed by atoms with Gasteiger partial charge in [-0.3, -0.25) is 4.79 Å². The number of benzene rings is 1. The van der Waals surface area contributed by atoms with E-state index in [2.05, 4.69) is 28.5 Å². The molecule has 4 nitrogen and oxygen atoms in total. The van der Waals surface area contributed by atoms with Crippen LogP contribution < -0.4 is 11.1 Å². The summed E-state index contributed by atoms with van der Waals surface area (Å²) in [6.07, 6.45) is 5.22. The van der Waals surface area contributed by atoms with Crippen LogP contribution in [0.1, 0.15) is 37.3 Å². The van der Waals surface area contributed by atoms with Crippen molar-refractivity contribution in [2.24, 2.45) is 5.73 Å². The quantitative estimate of drug-likeness (QED) is 0.880. The van der Waals surface area contributed by atoms with Crippen molar-refractivity contribution >= 4 is 34.8 Å². The lowest BCUT2D eigenvalue weighted by Crippen LogP contribution is -2.23. The highest BCUT2D eigenvalue weighted by Gasteiger charge is 2.13. The van der Waals surface area contributed by atoms with Crippen LogP contribution in [-0.2, 0) is 17.6 Å². The summed E-state index contributed by atoms with van der Waals surface area (Å²) in [6.45, 7) is 1.82. The van der Waals surface area contributed by atoms with E-state index in [4.69, 9.17) is 5.73 Å². The van der Waals surface area contributed by atoms with Crippen LogP contribution in [0, 0.1) is 0 Å². The Bertz CT molecular complexity index is 684. The minimum Gasteiger partial charge on any atom is -0.327 e. The number of nitrogens with zero attached hydrogens (tertiary/aromatic N) is 1. The molecule has 0 fully saturated rings. The van der Waals surface area contributed by atoms with Crippen LogP contribution >= 0.6 is 23.7 Å². The maximum atomic E-state index is 11.7. The van der Waals surface area contributed by atoms with Crippen LogP contribution in [0.2, 0.25) is 0 Å². The summed E-state index contributed by atoms with van der Waals surface area (Å²) in [6, 6.07) is 6.46. The highest BCUT2D eigenvalue weighted by atomic mass is 35.5. The molecule has 1 atom stereocenters. The molecule has 1 aromatic carbocycles. The summed E-state index contributed by atoms with van der Waals surface area (Å²) in [7, 11) is 0. The monoisotopic (exact) mass is 351 g/mol. The number of fused-ring (bicyclic) bond motifs is 1. The third kappa shape index (κ3) is 4.53. The van der Waals surface area contributed by atoms with Gasteiger partial charge in [0.2, 0.25) is 5.91 Å². The SMILES string of the molecule is CC(N)CC(=O)Nc1nc(-c2ccc3c(c2)CCCC3)cs1.Cl. The molecule has 1 aromatic heterocycles. The van der Waals surface area contributed by atoms with Crippen molar-refractivity contribution < 1.29 is 4.79 Å². The Balaban J connectivity index is 0.00000192. The van der Waals surface area contributed by atoms with Crippen molar-refractivity contribution in [1.82, 2.24) is 4.98 Å². The molecule has 0 aliphatic heterocycles. The van der Waals surface area contributed by atoms with Gasteiger partial charge < -0.3 is 11.1 Å². The van der Waals surface area contributed by atoms with E-state index in [1.165, 1.54) is 41.7 Å². The summed E-state index contributed by atoms with van der Waals surface area (Å²) in [5.74, 6) is -0.0821. The first-order valence-corrected chi connectivity index (χ1v) is 8.63. The molecule has 1 aliphatic rings. The summed E-state index contributed by atoms with van der Waals surface area (Å²) in [5.41, 5.74) is 10.6. The van der Waals surface area contributed by atoms with E-state index in [1.807, 2.05) is 12.3 Å². The number of amides is 1. The molecule has 0 radical (unpaired) electrons. The van der Waals surface area contributed by atoms with Crippen molar-refractivity contribution in [3.05, 3.63) is 34.7 Å². The normalized spacial score (nSPS) is 14.5. The summed E-state index contributed by atoms with van der Waals surface area (Å²) in [5, 5.41) is 5.44. The molecule has 6 heteroatoms. The number of nitrogens with two attached hydrogens (primary N) is 1. The van der Waals surface area contributed by atoms with Gasteiger partial charge in [-0.05, 0) is 49.8 Å². The number of carbonyl (C=O) groups is 1. The molecule has 2 aromatic rings. The molecule has 1 heterocycles. The van der Waals surface area contributed by atoms with Gasteiger partial charge in [0.1, 0.15) is 0 Å². The maximum Gasteiger partial charge on any atom is 0.227 e. The molecule has 0 saturated heterocycles. The number of hydrogen-bond acceptors (Lipinski definition) is 4. The number of rotatable bonds is 4. The Labute approximate surface area is 146 Å². The van der Waals surface area contributed by atoms with Gasteiger partial charge in [-0.25, -0.2) is 4.98 Å². The van der Waals surface area contributed by atoms with Gasteiger partial charge in [0.05, 0.1) is 5.69 Å². The molecule has 23 heavy (non-hydrogen) atoms. The van der Waals surface area contributed by atoms with Crippen LogP contribution in [0.5, 0.6) is 0 Å². The second-order valence-corrected chi connectivity index (χ2v) is 6.82. The largest absolute Gasteiger partial charge is 0.327 e. The smallest absolute Gasteiger partial charge is 0.227 e. The summed E-state index contributed by atoms with van der Waals surface area (Å²) in [4.78, 5) is 16.3. The van der Waals surface area contributed by atoms with E-state index >= 15 is 0 Å². The topological polar surface area (TPSA) is 68.0 Å². The van der Waals surface area contributed by atoms with Crippen molar-refractivity contribution in [3.8, 4) is 11.3 Å². The molecule has 1 aliphatic carbocycles. The third-order valence-electron chi connectivity index (χ3n) is 3.90. The van der Waals surface area contributed by atoms with Gasteiger partial charge in [0, 0.05) is 23.4 Å². The average Bonchev–Trinajstić information content (AvgIpc) is 2.94. The fourth-order valence-corrected chi connectivity index (χ4v) is 3.56. The number of aromatic nitrogens is 1. The summed E-state index contributed by atoms with van der Waals surface area (Å²) >= 11 is 1.45. The number of anilines is 1. The first-order valence-electron chi connectivity index (χ1n) is 7.75. The van der Waals surface area contributed by atoms with Gasteiger partial charge in [-0.15, -0.1) is 23.7 Å². The van der Waals surface area contributed by atoms with Gasteiger partial charge in [-0.1, -0.05) is 12.1 Å². The number of halogens is 1. The molecular weight excluding hydrogens is 330 g/mol. The van der Waals surface area contributed by atoms with Gasteiger partial charge in [0.25, 0.3) is 0 Å². The van der Waals surface area contributed by atoms with Crippen LogP contribution in [0.15, 0.2) is 23.6 Å². The molecule has 3 N–H and O–H groups in total. The van der Waals surface area contributed by atoms with E-state index in [0.717, 1.165) is 17.7 Å². The predicted molar refractivity (Wildman–Crippen MR) is 98.3 cm³/mol. The highest BCUT2D eigenvalue weighted by Crippen LogP contribution is 2.29. The Hall–Kier alpha value is -1.43. The Morgan fingerprint density at radius 2 is 2.09 bits per heavy atom. The zero-order valence-corrected chi connectivity index (χ0v) is 14.8. The average molecular weight is 352 g/mol. The first-order chi connectivity index (χ1) is 10.6. The van der Waals surface area contributed by atoms with E-state index < -0.39 is 0 Å². The molecule has 124 valence electrons. The first kappa shape index (κ1) is 17.9. The molecule has 0 spiro atoms. The Kier molecular flexibility index (Phi) is 6.16. The van der Waals surface area contributed by atoms with Crippen molar-refractivity contribution in [2.75, 3.05) is 5.32 Å². The lowest BCUT2D eigenvalue weighted by molar-refractivity contribution is -0.116. The number of aryl methyl sites for hydroxylation is 2. The van der Waals surface area contributed by atoms with Crippen LogP contribution in [0.3, 0.4) is 0 Å². The highest BCUT2D eigenvalue weighted by molar-refractivity contribution is 7.14. The van der Waals surface area contributed by atoms with Gasteiger partial charge >= 0.3 is 0 Å². The molecule has 1 amide bonds.